The number of hydrogen-bond donors (Lipinski definition) is 3. The number of anilines is 2. The topological polar surface area (TPSA) is 79.5 Å². The average Bonchev–Trinajstić information content (AvgIpc) is 2.81. The summed E-state index contributed by atoms with van der Waals surface area (Å²) in [5.41, 5.74) is 0.838. The first-order valence-corrected chi connectivity index (χ1v) is 6.88. The van der Waals surface area contributed by atoms with Gasteiger partial charge in [0.25, 0.3) is 11.8 Å². The van der Waals surface area contributed by atoms with Gasteiger partial charge >= 0.3 is 0 Å². The van der Waals surface area contributed by atoms with Crippen molar-refractivity contribution in [2.75, 3.05) is 17.2 Å². The van der Waals surface area contributed by atoms with E-state index in [-0.39, 0.29) is 5.91 Å². The number of rotatable bonds is 2. The van der Waals surface area contributed by atoms with Gasteiger partial charge in [-0.2, -0.15) is 0 Å². The lowest BCUT2D eigenvalue weighted by Gasteiger charge is -2.23. The Morgan fingerprint density at radius 1 is 1.45 bits per heavy atom. The molecule has 8 heteroatoms. The van der Waals surface area contributed by atoms with E-state index in [1.807, 2.05) is 0 Å². The predicted molar refractivity (Wildman–Crippen MR) is 75.1 cm³/mol. The van der Waals surface area contributed by atoms with Gasteiger partial charge in [-0.3, -0.25) is 14.9 Å². The molecule has 2 heterocycles. The number of halogens is 2. The van der Waals surface area contributed by atoms with Gasteiger partial charge in [0.15, 0.2) is 6.10 Å². The molecule has 1 aromatic rings. The van der Waals surface area contributed by atoms with Gasteiger partial charge in [0.1, 0.15) is 5.75 Å². The van der Waals surface area contributed by atoms with Gasteiger partial charge in [0, 0.05) is 12.1 Å². The molecule has 1 aromatic carbocycles. The van der Waals surface area contributed by atoms with E-state index in [0.29, 0.717) is 17.1 Å². The van der Waals surface area contributed by atoms with Crippen molar-refractivity contribution in [3.05, 3.63) is 18.2 Å². The van der Waals surface area contributed by atoms with Gasteiger partial charge in [-0.25, -0.2) is 8.78 Å². The van der Waals surface area contributed by atoms with Crippen LogP contribution in [0.3, 0.4) is 0 Å². The summed E-state index contributed by atoms with van der Waals surface area (Å²) < 4.78 is 31.6. The quantitative estimate of drug-likeness (QED) is 0.770. The molecule has 3 rings (SSSR count). The molecule has 1 saturated heterocycles. The smallest absolute Gasteiger partial charge is 0.265 e. The summed E-state index contributed by atoms with van der Waals surface area (Å²) in [5.74, 6) is -3.19. The first kappa shape index (κ1) is 14.7. The third-order valence-electron chi connectivity index (χ3n) is 3.60. The van der Waals surface area contributed by atoms with Gasteiger partial charge in [-0.1, -0.05) is 0 Å². The maximum atomic E-state index is 13.1. The summed E-state index contributed by atoms with van der Waals surface area (Å²) >= 11 is 0. The lowest BCUT2D eigenvalue weighted by Crippen LogP contribution is -2.36. The molecule has 2 unspecified atom stereocenters. The number of hydrogen-bond acceptors (Lipinski definition) is 4. The van der Waals surface area contributed by atoms with Crippen LogP contribution < -0.4 is 20.7 Å². The summed E-state index contributed by atoms with van der Waals surface area (Å²) in [7, 11) is 0. The van der Waals surface area contributed by atoms with Crippen molar-refractivity contribution in [1.82, 2.24) is 5.32 Å². The molecule has 6 nitrogen and oxygen atoms in total. The van der Waals surface area contributed by atoms with Crippen molar-refractivity contribution in [2.24, 2.45) is 0 Å². The molecule has 0 spiro atoms. The monoisotopic (exact) mass is 311 g/mol. The minimum absolute atomic E-state index is 0.284. The first-order chi connectivity index (χ1) is 10.3. The standard InChI is InChI=1S/C14H15F2N3O3/c1-7-12(20)19-9-4-8(2-3-11(9)22-7)18-13(21)10-5-14(15,16)6-17-10/h2-4,7,10,17H,5-6H2,1H3,(H,18,21)(H,19,20). The number of fused-ring (bicyclic) bond motifs is 1. The highest BCUT2D eigenvalue weighted by Crippen LogP contribution is 2.32. The largest absolute Gasteiger partial charge is 0.479 e. The Labute approximate surface area is 125 Å². The van der Waals surface area contributed by atoms with Crippen LogP contribution in [0.5, 0.6) is 5.75 Å². The summed E-state index contributed by atoms with van der Waals surface area (Å²) in [5, 5.41) is 7.70. The van der Waals surface area contributed by atoms with Crippen molar-refractivity contribution in [1.29, 1.82) is 0 Å². The number of ether oxygens (including phenoxy) is 1. The third-order valence-corrected chi connectivity index (χ3v) is 3.60. The molecule has 2 aliphatic heterocycles. The summed E-state index contributed by atoms with van der Waals surface area (Å²) in [6.07, 6.45) is -1.11. The number of amides is 2. The fraction of sp³-hybridized carbons (Fsp3) is 0.429. The molecule has 0 aliphatic carbocycles. The highest BCUT2D eigenvalue weighted by atomic mass is 19.3. The molecule has 118 valence electrons. The van der Waals surface area contributed by atoms with Crippen molar-refractivity contribution < 1.29 is 23.1 Å². The predicted octanol–water partition coefficient (Wildman–Crippen LogP) is 1.34. The Balaban J connectivity index is 1.70. The van der Waals surface area contributed by atoms with E-state index in [2.05, 4.69) is 16.0 Å². The molecule has 2 amide bonds. The Morgan fingerprint density at radius 3 is 2.91 bits per heavy atom. The van der Waals surface area contributed by atoms with Crippen LogP contribution in [0.4, 0.5) is 20.2 Å². The number of alkyl halides is 2. The molecule has 1 fully saturated rings. The van der Waals surface area contributed by atoms with Crippen LogP contribution in [0.2, 0.25) is 0 Å². The minimum Gasteiger partial charge on any atom is -0.479 e. The lowest BCUT2D eigenvalue weighted by atomic mass is 10.1. The molecule has 0 radical (unpaired) electrons. The van der Waals surface area contributed by atoms with E-state index in [1.54, 1.807) is 19.1 Å². The van der Waals surface area contributed by atoms with Crippen molar-refractivity contribution in [2.45, 2.75) is 31.4 Å². The summed E-state index contributed by atoms with van der Waals surface area (Å²) in [6, 6.07) is 3.80. The van der Waals surface area contributed by atoms with Crippen LogP contribution in [0, 0.1) is 0 Å². The van der Waals surface area contributed by atoms with Gasteiger partial charge in [-0.05, 0) is 25.1 Å². The second kappa shape index (κ2) is 5.20. The Kier molecular flexibility index (Phi) is 3.48. The van der Waals surface area contributed by atoms with Gasteiger partial charge in [0.2, 0.25) is 5.91 Å². The number of benzene rings is 1. The minimum atomic E-state index is -2.87. The van der Waals surface area contributed by atoms with E-state index in [4.69, 9.17) is 4.74 Å². The molecule has 2 aliphatic rings. The van der Waals surface area contributed by atoms with Crippen LogP contribution in [-0.4, -0.2) is 36.4 Å². The Morgan fingerprint density at radius 2 is 2.23 bits per heavy atom. The van der Waals surface area contributed by atoms with Crippen molar-refractivity contribution in [3.8, 4) is 5.75 Å². The Bertz CT molecular complexity index is 636. The van der Waals surface area contributed by atoms with Gasteiger partial charge in [-0.15, -0.1) is 0 Å². The second-order valence-corrected chi connectivity index (χ2v) is 5.44. The van der Waals surface area contributed by atoms with Gasteiger partial charge in [0.05, 0.1) is 18.3 Å². The summed E-state index contributed by atoms with van der Waals surface area (Å²) in [6.45, 7) is 1.12. The zero-order valence-electron chi connectivity index (χ0n) is 11.8. The molecular weight excluding hydrogens is 296 g/mol. The highest BCUT2D eigenvalue weighted by molar-refractivity contribution is 6.00. The van der Waals surface area contributed by atoms with Crippen LogP contribution in [0.25, 0.3) is 0 Å². The fourth-order valence-electron chi connectivity index (χ4n) is 2.42. The number of nitrogens with one attached hydrogen (secondary N) is 3. The van der Waals surface area contributed by atoms with E-state index < -0.39 is 36.9 Å². The van der Waals surface area contributed by atoms with Crippen molar-refractivity contribution in [3.63, 3.8) is 0 Å². The average molecular weight is 311 g/mol. The van der Waals surface area contributed by atoms with E-state index in [1.165, 1.54) is 6.07 Å². The SMILES string of the molecule is CC1Oc2ccc(NC(=O)C3CC(F)(F)CN3)cc2NC1=O. The maximum Gasteiger partial charge on any atom is 0.265 e. The van der Waals surface area contributed by atoms with Crippen molar-refractivity contribution >= 4 is 23.2 Å². The van der Waals surface area contributed by atoms with Crippen LogP contribution >= 0.6 is 0 Å². The van der Waals surface area contributed by atoms with Crippen LogP contribution in [-0.2, 0) is 9.59 Å². The van der Waals surface area contributed by atoms with E-state index in [0.717, 1.165) is 0 Å². The first-order valence-electron chi connectivity index (χ1n) is 6.88. The molecule has 0 saturated carbocycles. The zero-order chi connectivity index (χ0) is 15.9. The maximum absolute atomic E-state index is 13.1. The fourth-order valence-corrected chi connectivity index (χ4v) is 2.42. The molecule has 0 aromatic heterocycles. The molecular formula is C14H15F2N3O3. The highest BCUT2D eigenvalue weighted by Gasteiger charge is 2.42. The lowest BCUT2D eigenvalue weighted by molar-refractivity contribution is -0.122. The molecule has 3 N–H and O–H groups in total. The van der Waals surface area contributed by atoms with Gasteiger partial charge < -0.3 is 15.4 Å². The molecule has 22 heavy (non-hydrogen) atoms. The van der Waals surface area contributed by atoms with Crippen LogP contribution in [0.15, 0.2) is 18.2 Å². The number of carbonyl (C=O) groups is 2. The molecule has 0 bridgehead atoms. The second-order valence-electron chi connectivity index (χ2n) is 5.44. The zero-order valence-corrected chi connectivity index (χ0v) is 11.8. The van der Waals surface area contributed by atoms with E-state index in [9.17, 15) is 18.4 Å². The number of carbonyl (C=O) groups excluding carboxylic acids is 2. The normalized spacial score (nSPS) is 25.9. The molecule has 2 atom stereocenters. The Hall–Kier alpha value is -2.22. The van der Waals surface area contributed by atoms with E-state index >= 15 is 0 Å². The third kappa shape index (κ3) is 2.87. The van der Waals surface area contributed by atoms with Crippen LogP contribution in [0.1, 0.15) is 13.3 Å². The summed E-state index contributed by atoms with van der Waals surface area (Å²) in [4.78, 5) is 23.5.